The van der Waals surface area contributed by atoms with Crippen LogP contribution in [0.3, 0.4) is 0 Å². The molecule has 0 aromatic carbocycles. The van der Waals surface area contributed by atoms with Crippen LogP contribution in [-0.2, 0) is 0 Å². The molecule has 0 aliphatic carbocycles. The summed E-state index contributed by atoms with van der Waals surface area (Å²) in [6.07, 6.45) is 1.44. The summed E-state index contributed by atoms with van der Waals surface area (Å²) < 4.78 is 0.741. The van der Waals surface area contributed by atoms with Crippen molar-refractivity contribution in [3.05, 3.63) is 0 Å². The summed E-state index contributed by atoms with van der Waals surface area (Å²) in [4.78, 5) is 0. The molecule has 0 fully saturated rings. The number of thiocarbonyl (C=S) groups is 1. The molecule has 11 heavy (non-hydrogen) atoms. The van der Waals surface area contributed by atoms with Gasteiger partial charge in [-0.05, 0) is 18.6 Å². The Bertz CT molecular complexity index is 130. The van der Waals surface area contributed by atoms with Crippen LogP contribution in [0.5, 0.6) is 0 Å². The van der Waals surface area contributed by atoms with Gasteiger partial charge >= 0.3 is 0 Å². The lowest BCUT2D eigenvalue weighted by Crippen LogP contribution is -2.33. The minimum absolute atomic E-state index is 0.712. The Labute approximate surface area is 78.6 Å². The lowest BCUT2D eigenvalue weighted by atomic mass is 10.0. The van der Waals surface area contributed by atoms with Gasteiger partial charge in [-0.3, -0.25) is 0 Å². The van der Waals surface area contributed by atoms with Gasteiger partial charge in [0.15, 0.2) is 0 Å². The summed E-state index contributed by atoms with van der Waals surface area (Å²) in [5, 5.41) is 9.87. The topological polar surface area (TPSA) is 20.2 Å². The van der Waals surface area contributed by atoms with Gasteiger partial charge in [0.2, 0.25) is 0 Å². The summed E-state index contributed by atoms with van der Waals surface area (Å²) in [6.45, 7) is 5.97. The van der Waals surface area contributed by atoms with Crippen molar-refractivity contribution in [3.8, 4) is 0 Å². The fraction of sp³-hybridized carbons (Fsp3) is 0.875. The molecule has 0 aliphatic rings. The van der Waals surface area contributed by atoms with Crippen LogP contribution in [0.1, 0.15) is 33.6 Å². The first-order chi connectivity index (χ1) is 5.10. The van der Waals surface area contributed by atoms with Crippen molar-refractivity contribution < 1.29 is 5.11 Å². The molecule has 0 aromatic rings. The van der Waals surface area contributed by atoms with Crippen molar-refractivity contribution in [3.63, 3.8) is 0 Å². The predicted octanol–water partition coefficient (Wildman–Crippen LogP) is 2.62. The molecule has 66 valence electrons. The average Bonchev–Trinajstić information content (AvgIpc) is 2.03. The fourth-order valence-corrected chi connectivity index (χ4v) is 2.27. The van der Waals surface area contributed by atoms with E-state index >= 15 is 0 Å². The maximum atomic E-state index is 9.87. The lowest BCUT2D eigenvalue weighted by molar-refractivity contribution is 0.109. The Morgan fingerprint density at radius 3 is 2.09 bits per heavy atom. The molecule has 0 spiro atoms. The fourth-order valence-electron chi connectivity index (χ4n) is 0.804. The first-order valence-corrected chi connectivity index (χ1v) is 5.39. The molecule has 0 unspecified atom stereocenters. The first kappa shape index (κ1) is 11.4. The summed E-state index contributed by atoms with van der Waals surface area (Å²) in [6, 6.07) is 0. The largest absolute Gasteiger partial charge is 0.384 e. The standard InChI is InChI=1S/C8H16OS2/c1-4-8(9,5-2)7(10)11-6-3/h9H,4-6H2,1-3H3. The molecule has 0 aromatic heterocycles. The second-order valence-electron chi connectivity index (χ2n) is 2.46. The maximum absolute atomic E-state index is 9.87. The van der Waals surface area contributed by atoms with Crippen LogP contribution in [0, 0.1) is 0 Å². The minimum Gasteiger partial charge on any atom is -0.384 e. The summed E-state index contributed by atoms with van der Waals surface area (Å²) >= 11 is 6.67. The summed E-state index contributed by atoms with van der Waals surface area (Å²) in [7, 11) is 0. The number of hydrogen-bond acceptors (Lipinski definition) is 3. The molecule has 0 heterocycles. The van der Waals surface area contributed by atoms with Crippen molar-refractivity contribution in [2.75, 3.05) is 5.75 Å². The predicted molar refractivity (Wildman–Crippen MR) is 56.3 cm³/mol. The van der Waals surface area contributed by atoms with Gasteiger partial charge in [0.25, 0.3) is 0 Å². The Kier molecular flexibility index (Phi) is 5.30. The van der Waals surface area contributed by atoms with Crippen LogP contribution < -0.4 is 0 Å². The Morgan fingerprint density at radius 1 is 1.36 bits per heavy atom. The van der Waals surface area contributed by atoms with E-state index in [-0.39, 0.29) is 0 Å². The third kappa shape index (κ3) is 3.09. The maximum Gasteiger partial charge on any atom is 0.105 e. The second-order valence-corrected chi connectivity index (χ2v) is 4.40. The normalized spacial score (nSPS) is 11.6. The van der Waals surface area contributed by atoms with Crippen LogP contribution in [0.15, 0.2) is 0 Å². The van der Waals surface area contributed by atoms with Crippen molar-refractivity contribution in [1.29, 1.82) is 0 Å². The van der Waals surface area contributed by atoms with Crippen molar-refractivity contribution in [2.45, 2.75) is 39.2 Å². The molecule has 1 N–H and O–H groups in total. The van der Waals surface area contributed by atoms with Crippen LogP contribution in [0.2, 0.25) is 0 Å². The number of hydrogen-bond donors (Lipinski definition) is 1. The van der Waals surface area contributed by atoms with Gasteiger partial charge in [-0.2, -0.15) is 0 Å². The van der Waals surface area contributed by atoms with E-state index in [4.69, 9.17) is 12.2 Å². The Morgan fingerprint density at radius 2 is 1.82 bits per heavy atom. The highest BCUT2D eigenvalue weighted by Gasteiger charge is 2.27. The van der Waals surface area contributed by atoms with Gasteiger partial charge in [-0.1, -0.05) is 33.0 Å². The SMILES string of the molecule is CCSC(=S)C(O)(CC)CC. The average molecular weight is 192 g/mol. The first-order valence-electron chi connectivity index (χ1n) is 4.00. The quantitative estimate of drug-likeness (QED) is 0.691. The summed E-state index contributed by atoms with van der Waals surface area (Å²) in [5.74, 6) is 0.946. The van der Waals surface area contributed by atoms with E-state index in [2.05, 4.69) is 0 Å². The molecule has 0 rings (SSSR count). The smallest absolute Gasteiger partial charge is 0.105 e. The van der Waals surface area contributed by atoms with Gasteiger partial charge in [-0.15, -0.1) is 11.8 Å². The van der Waals surface area contributed by atoms with Crippen molar-refractivity contribution >= 4 is 28.2 Å². The molecular weight excluding hydrogens is 176 g/mol. The molecule has 0 saturated heterocycles. The number of thioether (sulfide) groups is 1. The zero-order valence-electron chi connectivity index (χ0n) is 7.39. The van der Waals surface area contributed by atoms with Crippen LogP contribution in [0.25, 0.3) is 0 Å². The highest BCUT2D eigenvalue weighted by atomic mass is 32.2. The van der Waals surface area contributed by atoms with Crippen LogP contribution in [0.4, 0.5) is 0 Å². The monoisotopic (exact) mass is 192 g/mol. The third-order valence-corrected chi connectivity index (χ3v) is 3.49. The summed E-state index contributed by atoms with van der Waals surface area (Å²) in [5.41, 5.74) is -0.712. The van der Waals surface area contributed by atoms with Crippen LogP contribution >= 0.6 is 24.0 Å². The van der Waals surface area contributed by atoms with Gasteiger partial charge in [-0.25, -0.2) is 0 Å². The van der Waals surface area contributed by atoms with E-state index in [1.54, 1.807) is 11.8 Å². The molecule has 0 bridgehead atoms. The highest BCUT2D eigenvalue weighted by molar-refractivity contribution is 8.23. The molecular formula is C8H16OS2. The minimum atomic E-state index is -0.712. The van der Waals surface area contributed by atoms with Gasteiger partial charge in [0.05, 0.1) is 4.20 Å². The molecule has 0 aliphatic heterocycles. The molecule has 3 heteroatoms. The highest BCUT2D eigenvalue weighted by Crippen LogP contribution is 2.24. The number of rotatable bonds is 4. The van der Waals surface area contributed by atoms with Gasteiger partial charge in [0.1, 0.15) is 5.60 Å². The second kappa shape index (κ2) is 5.12. The van der Waals surface area contributed by atoms with E-state index in [1.165, 1.54) is 0 Å². The third-order valence-electron chi connectivity index (χ3n) is 1.83. The lowest BCUT2D eigenvalue weighted by Gasteiger charge is -2.25. The van der Waals surface area contributed by atoms with Gasteiger partial charge < -0.3 is 5.11 Å². The van der Waals surface area contributed by atoms with E-state index in [1.807, 2.05) is 20.8 Å². The van der Waals surface area contributed by atoms with Gasteiger partial charge in [0, 0.05) is 0 Å². The number of aliphatic hydroxyl groups is 1. The Hall–Kier alpha value is 0.400. The van der Waals surface area contributed by atoms with E-state index in [0.29, 0.717) is 0 Å². The molecule has 0 atom stereocenters. The zero-order valence-corrected chi connectivity index (χ0v) is 9.02. The van der Waals surface area contributed by atoms with E-state index in [9.17, 15) is 5.11 Å². The van der Waals surface area contributed by atoms with Crippen LogP contribution in [-0.4, -0.2) is 20.7 Å². The zero-order chi connectivity index (χ0) is 8.91. The molecule has 1 nitrogen and oxygen atoms in total. The van der Waals surface area contributed by atoms with E-state index < -0.39 is 5.60 Å². The molecule has 0 saturated carbocycles. The molecule has 0 radical (unpaired) electrons. The van der Waals surface area contributed by atoms with Crippen molar-refractivity contribution in [2.24, 2.45) is 0 Å². The molecule has 0 amide bonds. The Balaban J connectivity index is 4.12. The van der Waals surface area contributed by atoms with Crippen molar-refractivity contribution in [1.82, 2.24) is 0 Å². The van der Waals surface area contributed by atoms with E-state index in [0.717, 1.165) is 22.8 Å².